The molecule has 4 rings (SSSR count). The highest BCUT2D eigenvalue weighted by Gasteiger charge is 2.21. The first-order chi connectivity index (χ1) is 13.1. The van der Waals surface area contributed by atoms with Gasteiger partial charge in [-0.2, -0.15) is 0 Å². The van der Waals surface area contributed by atoms with Crippen LogP contribution in [0.5, 0.6) is 0 Å². The molecule has 2 heterocycles. The predicted molar refractivity (Wildman–Crippen MR) is 100.0 cm³/mol. The maximum Gasteiger partial charge on any atom is 0.195 e. The van der Waals surface area contributed by atoms with Crippen molar-refractivity contribution in [3.8, 4) is 0 Å². The highest BCUT2D eigenvalue weighted by Crippen LogP contribution is 2.28. The summed E-state index contributed by atoms with van der Waals surface area (Å²) in [5.74, 6) is -3.43. The van der Waals surface area contributed by atoms with Gasteiger partial charge in [-0.3, -0.25) is 4.90 Å². The largest absolute Gasteiger partial charge is 0.367 e. The SMILES string of the molecule is Fc1cc2c(NC3CCN(Cc4ccccc4)CC3)nccc2c(F)c1F. The van der Waals surface area contributed by atoms with E-state index in [0.717, 1.165) is 38.5 Å². The zero-order valence-corrected chi connectivity index (χ0v) is 14.8. The second-order valence-electron chi connectivity index (χ2n) is 6.92. The number of halogens is 3. The molecule has 6 heteroatoms. The molecule has 3 aromatic rings. The summed E-state index contributed by atoms with van der Waals surface area (Å²) < 4.78 is 41.1. The molecule has 0 amide bonds. The Balaban J connectivity index is 1.45. The third kappa shape index (κ3) is 3.76. The average molecular weight is 371 g/mol. The molecule has 1 aromatic heterocycles. The Labute approximate surface area is 155 Å². The number of nitrogens with zero attached hydrogens (tertiary/aromatic N) is 2. The van der Waals surface area contributed by atoms with Crippen LogP contribution in [-0.2, 0) is 6.54 Å². The van der Waals surface area contributed by atoms with Crippen LogP contribution in [0.2, 0.25) is 0 Å². The minimum absolute atomic E-state index is 0.0351. The van der Waals surface area contributed by atoms with Gasteiger partial charge in [-0.1, -0.05) is 30.3 Å². The molecule has 1 fully saturated rings. The first-order valence-corrected chi connectivity index (χ1v) is 9.07. The van der Waals surface area contributed by atoms with Gasteiger partial charge in [0.1, 0.15) is 5.82 Å². The Morgan fingerprint density at radius 3 is 2.44 bits per heavy atom. The van der Waals surface area contributed by atoms with Crippen LogP contribution in [-0.4, -0.2) is 29.0 Å². The van der Waals surface area contributed by atoms with E-state index in [9.17, 15) is 13.2 Å². The fourth-order valence-electron chi connectivity index (χ4n) is 3.61. The zero-order valence-electron chi connectivity index (χ0n) is 14.8. The van der Waals surface area contributed by atoms with Gasteiger partial charge in [0.15, 0.2) is 17.5 Å². The van der Waals surface area contributed by atoms with Gasteiger partial charge in [0, 0.05) is 42.6 Å². The van der Waals surface area contributed by atoms with Crippen LogP contribution in [0, 0.1) is 17.5 Å². The molecule has 3 nitrogen and oxygen atoms in total. The highest BCUT2D eigenvalue weighted by atomic mass is 19.2. The molecule has 0 aliphatic carbocycles. The lowest BCUT2D eigenvalue weighted by Crippen LogP contribution is -2.38. The maximum atomic E-state index is 14.0. The van der Waals surface area contributed by atoms with E-state index in [4.69, 9.17) is 0 Å². The maximum absolute atomic E-state index is 14.0. The van der Waals surface area contributed by atoms with E-state index < -0.39 is 17.5 Å². The number of pyridine rings is 1. The first-order valence-electron chi connectivity index (χ1n) is 9.07. The van der Waals surface area contributed by atoms with Crippen molar-refractivity contribution in [2.75, 3.05) is 18.4 Å². The molecular formula is C21H20F3N3. The quantitative estimate of drug-likeness (QED) is 0.672. The number of hydrogen-bond acceptors (Lipinski definition) is 3. The molecule has 1 aliphatic heterocycles. The van der Waals surface area contributed by atoms with Crippen LogP contribution in [0.1, 0.15) is 18.4 Å². The van der Waals surface area contributed by atoms with Crippen LogP contribution in [0.3, 0.4) is 0 Å². The number of hydrogen-bond donors (Lipinski definition) is 1. The zero-order chi connectivity index (χ0) is 18.8. The number of aromatic nitrogens is 1. The van der Waals surface area contributed by atoms with Gasteiger partial charge in [-0.05, 0) is 30.5 Å². The summed E-state index contributed by atoms with van der Waals surface area (Å²) in [4.78, 5) is 6.61. The van der Waals surface area contributed by atoms with Crippen molar-refractivity contribution in [3.63, 3.8) is 0 Å². The summed E-state index contributed by atoms with van der Waals surface area (Å²) in [7, 11) is 0. The van der Waals surface area contributed by atoms with Crippen molar-refractivity contribution < 1.29 is 13.2 Å². The summed E-state index contributed by atoms with van der Waals surface area (Å²) >= 11 is 0. The third-order valence-corrected chi connectivity index (χ3v) is 5.08. The average Bonchev–Trinajstić information content (AvgIpc) is 2.69. The first kappa shape index (κ1) is 17.8. The second kappa shape index (κ2) is 7.56. The molecule has 1 N–H and O–H groups in total. The predicted octanol–water partition coefficient (Wildman–Crippen LogP) is 4.73. The Morgan fingerprint density at radius 2 is 1.70 bits per heavy atom. The molecule has 2 aromatic carbocycles. The number of fused-ring (bicyclic) bond motifs is 1. The molecule has 1 saturated heterocycles. The van der Waals surface area contributed by atoms with Gasteiger partial charge < -0.3 is 5.32 Å². The van der Waals surface area contributed by atoms with Crippen LogP contribution >= 0.6 is 0 Å². The van der Waals surface area contributed by atoms with E-state index >= 15 is 0 Å². The Bertz CT molecular complexity index is 938. The molecule has 0 saturated carbocycles. The molecule has 140 valence electrons. The van der Waals surface area contributed by atoms with Gasteiger partial charge >= 0.3 is 0 Å². The molecule has 27 heavy (non-hydrogen) atoms. The van der Waals surface area contributed by atoms with Crippen LogP contribution < -0.4 is 5.32 Å². The smallest absolute Gasteiger partial charge is 0.195 e. The van der Waals surface area contributed by atoms with Crippen molar-refractivity contribution in [1.29, 1.82) is 0 Å². The topological polar surface area (TPSA) is 28.2 Å². The molecule has 0 atom stereocenters. The summed E-state index contributed by atoms with van der Waals surface area (Å²) in [5.41, 5.74) is 1.28. The fourth-order valence-corrected chi connectivity index (χ4v) is 3.61. The highest BCUT2D eigenvalue weighted by molar-refractivity contribution is 5.92. The van der Waals surface area contributed by atoms with Crippen LogP contribution in [0.25, 0.3) is 10.8 Å². The lowest BCUT2D eigenvalue weighted by molar-refractivity contribution is 0.211. The van der Waals surface area contributed by atoms with Gasteiger partial charge in [0.25, 0.3) is 0 Å². The van der Waals surface area contributed by atoms with Gasteiger partial charge in [-0.15, -0.1) is 0 Å². The minimum Gasteiger partial charge on any atom is -0.367 e. The van der Waals surface area contributed by atoms with E-state index in [1.807, 2.05) is 18.2 Å². The summed E-state index contributed by atoms with van der Waals surface area (Å²) in [5, 5.41) is 3.59. The lowest BCUT2D eigenvalue weighted by atomic mass is 10.0. The molecule has 0 bridgehead atoms. The van der Waals surface area contributed by atoms with Crippen molar-refractivity contribution in [2.45, 2.75) is 25.4 Å². The van der Waals surface area contributed by atoms with E-state index in [0.29, 0.717) is 5.82 Å². The van der Waals surface area contributed by atoms with E-state index in [2.05, 4.69) is 27.3 Å². The standard InChI is InChI=1S/C21H20F3N3/c22-18-12-17-16(19(23)20(18)24)6-9-25-21(17)26-15-7-10-27(11-8-15)13-14-4-2-1-3-5-14/h1-6,9,12,15H,7-8,10-11,13H2,(H,25,26). The molecule has 0 unspecified atom stereocenters. The monoisotopic (exact) mass is 371 g/mol. The number of benzene rings is 2. The normalized spacial score (nSPS) is 16.0. The van der Waals surface area contributed by atoms with Crippen molar-refractivity contribution in [2.24, 2.45) is 0 Å². The number of rotatable bonds is 4. The molecule has 1 aliphatic rings. The fraction of sp³-hybridized carbons (Fsp3) is 0.286. The molecule has 0 spiro atoms. The van der Waals surface area contributed by atoms with Crippen LogP contribution in [0.4, 0.5) is 19.0 Å². The number of piperidine rings is 1. The molecule has 0 radical (unpaired) electrons. The lowest BCUT2D eigenvalue weighted by Gasteiger charge is -2.32. The molecular weight excluding hydrogens is 351 g/mol. The van der Waals surface area contributed by atoms with Crippen molar-refractivity contribution in [1.82, 2.24) is 9.88 Å². The number of nitrogens with one attached hydrogen (secondary N) is 1. The van der Waals surface area contributed by atoms with Gasteiger partial charge in [0.2, 0.25) is 0 Å². The van der Waals surface area contributed by atoms with E-state index in [1.165, 1.54) is 17.8 Å². The Hall–Kier alpha value is -2.60. The van der Waals surface area contributed by atoms with Gasteiger partial charge in [0.05, 0.1) is 0 Å². The summed E-state index contributed by atoms with van der Waals surface area (Å²) in [6, 6.07) is 12.8. The van der Waals surface area contributed by atoms with Crippen molar-refractivity contribution in [3.05, 3.63) is 71.7 Å². The Morgan fingerprint density at radius 1 is 0.963 bits per heavy atom. The summed E-state index contributed by atoms with van der Waals surface area (Å²) in [6.07, 6.45) is 3.21. The van der Waals surface area contributed by atoms with Crippen molar-refractivity contribution >= 4 is 16.6 Å². The third-order valence-electron chi connectivity index (χ3n) is 5.08. The number of likely N-dealkylation sites (tertiary alicyclic amines) is 1. The van der Waals surface area contributed by atoms with E-state index in [1.54, 1.807) is 0 Å². The minimum atomic E-state index is -1.45. The summed E-state index contributed by atoms with van der Waals surface area (Å²) in [6.45, 7) is 2.76. The van der Waals surface area contributed by atoms with E-state index in [-0.39, 0.29) is 16.8 Å². The Kier molecular flexibility index (Phi) is 4.99. The second-order valence-corrected chi connectivity index (χ2v) is 6.92. The van der Waals surface area contributed by atoms with Gasteiger partial charge in [-0.25, -0.2) is 18.2 Å². The van der Waals surface area contributed by atoms with Crippen LogP contribution in [0.15, 0.2) is 48.7 Å². The number of anilines is 1.